The predicted octanol–water partition coefficient (Wildman–Crippen LogP) is 2.30. The maximum Gasteiger partial charge on any atom is 0.242 e. The number of rotatable bonds is 6. The quantitative estimate of drug-likeness (QED) is 0.847. The molecule has 1 aromatic rings. The van der Waals surface area contributed by atoms with Crippen molar-refractivity contribution >= 4 is 21.6 Å². The first-order valence-electron chi connectivity index (χ1n) is 6.42. The van der Waals surface area contributed by atoms with Crippen molar-refractivity contribution in [2.24, 2.45) is 5.92 Å². The summed E-state index contributed by atoms with van der Waals surface area (Å²) in [6.45, 7) is 0.231. The Hall–Kier alpha value is -0.620. The van der Waals surface area contributed by atoms with Crippen LogP contribution in [0.3, 0.4) is 0 Å². The zero-order valence-corrected chi connectivity index (χ0v) is 12.2. The van der Waals surface area contributed by atoms with Gasteiger partial charge in [0.1, 0.15) is 4.90 Å². The molecule has 1 aliphatic rings. The number of benzene rings is 1. The van der Waals surface area contributed by atoms with Gasteiger partial charge in [0.25, 0.3) is 0 Å². The molecule has 0 bridgehead atoms. The highest BCUT2D eigenvalue weighted by Crippen LogP contribution is 2.29. The molecular formula is C13H18ClNO3S. The first-order chi connectivity index (χ1) is 9.03. The number of halogens is 1. The molecule has 19 heavy (non-hydrogen) atoms. The summed E-state index contributed by atoms with van der Waals surface area (Å²) in [5.74, 6) is 0.655. The van der Waals surface area contributed by atoms with Crippen LogP contribution in [0.1, 0.15) is 31.2 Å². The van der Waals surface area contributed by atoms with E-state index in [2.05, 4.69) is 4.72 Å². The highest BCUT2D eigenvalue weighted by Gasteiger charge is 2.21. The van der Waals surface area contributed by atoms with E-state index in [1.165, 1.54) is 31.4 Å². The summed E-state index contributed by atoms with van der Waals surface area (Å²) >= 11 is 5.92. The van der Waals surface area contributed by atoms with Crippen molar-refractivity contribution < 1.29 is 13.5 Å². The Morgan fingerprint density at radius 1 is 1.37 bits per heavy atom. The van der Waals surface area contributed by atoms with Crippen LogP contribution in [-0.2, 0) is 16.6 Å². The standard InChI is InChI=1S/C13H18ClNO3S/c14-12-5-4-11(9-16)8-13(12)19(17,18)15-7-6-10-2-1-3-10/h4-5,8,10,15-16H,1-3,6-7,9H2. The molecule has 0 heterocycles. The summed E-state index contributed by atoms with van der Waals surface area (Å²) < 4.78 is 26.8. The van der Waals surface area contributed by atoms with Gasteiger partial charge in [-0.15, -0.1) is 0 Å². The molecule has 1 aliphatic carbocycles. The Labute approximate surface area is 118 Å². The summed E-state index contributed by atoms with van der Waals surface area (Å²) in [6.07, 6.45) is 4.52. The fraction of sp³-hybridized carbons (Fsp3) is 0.538. The molecule has 6 heteroatoms. The first kappa shape index (κ1) is 14.8. The van der Waals surface area contributed by atoms with E-state index in [1.54, 1.807) is 6.07 Å². The average Bonchev–Trinajstić information content (AvgIpc) is 2.33. The summed E-state index contributed by atoms with van der Waals surface area (Å²) in [5.41, 5.74) is 0.531. The van der Waals surface area contributed by atoms with Crippen LogP contribution in [0.25, 0.3) is 0 Å². The van der Waals surface area contributed by atoms with Crippen molar-refractivity contribution in [3.63, 3.8) is 0 Å². The minimum absolute atomic E-state index is 0.0364. The molecule has 0 aromatic heterocycles. The van der Waals surface area contributed by atoms with Gasteiger partial charge in [-0.2, -0.15) is 0 Å². The SMILES string of the molecule is O=S(=O)(NCCC1CCC1)c1cc(CO)ccc1Cl. The largest absolute Gasteiger partial charge is 0.392 e. The molecule has 1 aromatic carbocycles. The minimum atomic E-state index is -3.60. The zero-order chi connectivity index (χ0) is 13.9. The molecule has 106 valence electrons. The van der Waals surface area contributed by atoms with Gasteiger partial charge in [-0.25, -0.2) is 13.1 Å². The Morgan fingerprint density at radius 2 is 2.11 bits per heavy atom. The fourth-order valence-electron chi connectivity index (χ4n) is 2.11. The Morgan fingerprint density at radius 3 is 2.68 bits per heavy atom. The topological polar surface area (TPSA) is 66.4 Å². The van der Waals surface area contributed by atoms with Crippen LogP contribution in [0.4, 0.5) is 0 Å². The van der Waals surface area contributed by atoms with Gasteiger partial charge in [-0.1, -0.05) is 36.9 Å². The van der Waals surface area contributed by atoms with Gasteiger partial charge in [-0.05, 0) is 30.0 Å². The van der Waals surface area contributed by atoms with E-state index in [4.69, 9.17) is 16.7 Å². The summed E-state index contributed by atoms with van der Waals surface area (Å²) in [5, 5.41) is 9.22. The van der Waals surface area contributed by atoms with Crippen LogP contribution in [0.5, 0.6) is 0 Å². The molecule has 0 amide bonds. The van der Waals surface area contributed by atoms with Crippen LogP contribution in [0.2, 0.25) is 5.02 Å². The van der Waals surface area contributed by atoms with Crippen LogP contribution in [-0.4, -0.2) is 20.1 Å². The second kappa shape index (κ2) is 6.22. The van der Waals surface area contributed by atoms with Gasteiger partial charge in [0.2, 0.25) is 10.0 Å². The molecule has 0 radical (unpaired) electrons. The average molecular weight is 304 g/mol. The van der Waals surface area contributed by atoms with Crippen molar-refractivity contribution in [1.29, 1.82) is 0 Å². The van der Waals surface area contributed by atoms with Crippen LogP contribution in [0.15, 0.2) is 23.1 Å². The molecule has 0 spiro atoms. The fourth-order valence-corrected chi connectivity index (χ4v) is 3.70. The van der Waals surface area contributed by atoms with Crippen molar-refractivity contribution in [3.8, 4) is 0 Å². The monoisotopic (exact) mass is 303 g/mol. The second-order valence-electron chi connectivity index (χ2n) is 4.91. The molecule has 2 rings (SSSR count). The summed E-state index contributed by atoms with van der Waals surface area (Å²) in [6, 6.07) is 4.51. The lowest BCUT2D eigenvalue weighted by molar-refractivity contribution is 0.281. The molecule has 1 saturated carbocycles. The normalized spacial score (nSPS) is 16.3. The van der Waals surface area contributed by atoms with Crippen LogP contribution < -0.4 is 4.72 Å². The van der Waals surface area contributed by atoms with Crippen LogP contribution >= 0.6 is 11.6 Å². The number of nitrogens with one attached hydrogen (secondary N) is 1. The number of sulfonamides is 1. The highest BCUT2D eigenvalue weighted by atomic mass is 35.5. The van der Waals surface area contributed by atoms with Crippen molar-refractivity contribution in [3.05, 3.63) is 28.8 Å². The zero-order valence-electron chi connectivity index (χ0n) is 10.6. The van der Waals surface area contributed by atoms with E-state index in [-0.39, 0.29) is 16.5 Å². The van der Waals surface area contributed by atoms with Gasteiger partial charge in [0.05, 0.1) is 11.6 Å². The van der Waals surface area contributed by atoms with E-state index in [0.29, 0.717) is 18.0 Å². The Bertz CT molecular complexity index is 541. The number of hydrogen-bond donors (Lipinski definition) is 2. The first-order valence-corrected chi connectivity index (χ1v) is 8.28. The van der Waals surface area contributed by atoms with Gasteiger partial charge >= 0.3 is 0 Å². The maximum absolute atomic E-state index is 12.1. The molecule has 1 fully saturated rings. The number of hydrogen-bond acceptors (Lipinski definition) is 3. The van der Waals surface area contributed by atoms with E-state index in [0.717, 1.165) is 6.42 Å². The third-order valence-corrected chi connectivity index (χ3v) is 5.48. The molecule has 0 unspecified atom stereocenters. The molecular weight excluding hydrogens is 286 g/mol. The summed E-state index contributed by atoms with van der Waals surface area (Å²) in [4.78, 5) is 0.0364. The predicted molar refractivity (Wildman–Crippen MR) is 74.5 cm³/mol. The summed E-state index contributed by atoms with van der Waals surface area (Å²) in [7, 11) is -3.60. The lowest BCUT2D eigenvalue weighted by Gasteiger charge is -2.25. The maximum atomic E-state index is 12.1. The Kier molecular flexibility index (Phi) is 4.84. The van der Waals surface area contributed by atoms with Crippen LogP contribution in [0, 0.1) is 5.92 Å². The second-order valence-corrected chi connectivity index (χ2v) is 7.05. The minimum Gasteiger partial charge on any atom is -0.392 e. The van der Waals surface area contributed by atoms with E-state index in [1.807, 2.05) is 0 Å². The molecule has 0 aliphatic heterocycles. The van der Waals surface area contributed by atoms with E-state index in [9.17, 15) is 8.42 Å². The van der Waals surface area contributed by atoms with E-state index < -0.39 is 10.0 Å². The van der Waals surface area contributed by atoms with Crippen molar-refractivity contribution in [1.82, 2.24) is 4.72 Å². The van der Waals surface area contributed by atoms with E-state index >= 15 is 0 Å². The third kappa shape index (κ3) is 3.69. The lowest BCUT2D eigenvalue weighted by Crippen LogP contribution is -2.27. The highest BCUT2D eigenvalue weighted by molar-refractivity contribution is 7.89. The van der Waals surface area contributed by atoms with Crippen molar-refractivity contribution in [2.45, 2.75) is 37.2 Å². The number of aliphatic hydroxyl groups is 1. The lowest BCUT2D eigenvalue weighted by atomic mass is 9.83. The molecule has 4 nitrogen and oxygen atoms in total. The molecule has 0 saturated heterocycles. The van der Waals surface area contributed by atoms with Crippen molar-refractivity contribution in [2.75, 3.05) is 6.54 Å². The Balaban J connectivity index is 2.05. The molecule has 0 atom stereocenters. The van der Waals surface area contributed by atoms with Gasteiger partial charge in [0.15, 0.2) is 0 Å². The van der Waals surface area contributed by atoms with Gasteiger partial charge in [-0.3, -0.25) is 0 Å². The van der Waals surface area contributed by atoms with Gasteiger partial charge in [0, 0.05) is 6.54 Å². The third-order valence-electron chi connectivity index (χ3n) is 3.54. The van der Waals surface area contributed by atoms with Gasteiger partial charge < -0.3 is 5.11 Å². The molecule has 2 N–H and O–H groups in total. The number of aliphatic hydroxyl groups excluding tert-OH is 1. The smallest absolute Gasteiger partial charge is 0.242 e.